The van der Waals surface area contributed by atoms with Crippen LogP contribution in [0.3, 0.4) is 0 Å². The molecule has 2 rings (SSSR count). The Balaban J connectivity index is 0.000000980. The Morgan fingerprint density at radius 2 is 2.07 bits per heavy atom. The van der Waals surface area contributed by atoms with Gasteiger partial charge in [0.2, 0.25) is 0 Å². The van der Waals surface area contributed by atoms with Crippen molar-refractivity contribution >= 4 is 72.5 Å². The molecule has 70 valence electrons. The third-order valence-electron chi connectivity index (χ3n) is 1.69. The Morgan fingerprint density at radius 3 is 2.71 bits per heavy atom. The third kappa shape index (κ3) is 2.43. The molecule has 1 aromatic carbocycles. The average molecular weight is 238 g/mol. The summed E-state index contributed by atoms with van der Waals surface area (Å²) in [5.74, 6) is 0. The van der Waals surface area contributed by atoms with Crippen LogP contribution in [-0.4, -0.2) is 74.3 Å². The summed E-state index contributed by atoms with van der Waals surface area (Å²) in [5.41, 5.74) is 1.24. The van der Waals surface area contributed by atoms with Gasteiger partial charge in [0.1, 0.15) is 0 Å². The molecule has 1 heterocycles. The van der Waals surface area contributed by atoms with Crippen molar-refractivity contribution in [3.8, 4) is 0 Å². The Labute approximate surface area is 123 Å². The molecule has 0 fully saturated rings. The molecule has 0 amide bonds. The second-order valence-electron chi connectivity index (χ2n) is 2.56. The van der Waals surface area contributed by atoms with Crippen molar-refractivity contribution in [2.45, 2.75) is 4.90 Å². The number of hydrogen-bond donors (Lipinski definition) is 2. The molecule has 2 aromatic rings. The molecule has 0 bridgehead atoms. The van der Waals surface area contributed by atoms with Crippen LogP contribution in [0.25, 0.3) is 11.0 Å². The fourth-order valence-electron chi connectivity index (χ4n) is 1.07. The molecule has 0 aliphatic heterocycles. The van der Waals surface area contributed by atoms with E-state index in [4.69, 9.17) is 4.55 Å². The van der Waals surface area contributed by atoms with Crippen LogP contribution in [0.2, 0.25) is 0 Å². The molecule has 7 heteroatoms. The monoisotopic (exact) mass is 238 g/mol. The normalized spacial score (nSPS) is 11.2. The van der Waals surface area contributed by atoms with Gasteiger partial charge in [0.15, 0.2) is 0 Å². The molecule has 14 heavy (non-hydrogen) atoms. The van der Waals surface area contributed by atoms with E-state index in [-0.39, 0.29) is 56.3 Å². The van der Waals surface area contributed by atoms with E-state index in [1.807, 2.05) is 0 Å². The summed E-state index contributed by atoms with van der Waals surface area (Å²) in [6.07, 6.45) is 1.46. The molecular formula is C7H7KN2O3S. The molecule has 0 saturated heterocycles. The maximum atomic E-state index is 10.7. The third-order valence-corrected chi connectivity index (χ3v) is 2.54. The fraction of sp³-hybridized carbons (Fsp3) is 0. The summed E-state index contributed by atoms with van der Waals surface area (Å²) in [6.45, 7) is 0. The van der Waals surface area contributed by atoms with Gasteiger partial charge in [-0.15, -0.1) is 0 Å². The maximum absolute atomic E-state index is 10.7. The minimum atomic E-state index is -4.13. The van der Waals surface area contributed by atoms with Gasteiger partial charge < -0.3 is 4.98 Å². The molecule has 5 nitrogen and oxygen atoms in total. The van der Waals surface area contributed by atoms with E-state index in [1.165, 1.54) is 18.5 Å². The molecule has 0 aliphatic rings. The zero-order chi connectivity index (χ0) is 9.47. The number of nitrogens with one attached hydrogen (secondary N) is 1. The van der Waals surface area contributed by atoms with Crippen LogP contribution in [0.5, 0.6) is 0 Å². The van der Waals surface area contributed by atoms with Gasteiger partial charge in [-0.25, -0.2) is 4.98 Å². The van der Waals surface area contributed by atoms with Gasteiger partial charge in [0.25, 0.3) is 10.1 Å². The molecule has 0 atom stereocenters. The van der Waals surface area contributed by atoms with Crippen LogP contribution in [0, 0.1) is 0 Å². The summed E-state index contributed by atoms with van der Waals surface area (Å²) >= 11 is 0. The number of aromatic nitrogens is 2. The molecule has 0 aliphatic carbocycles. The minimum absolute atomic E-state index is 0. The fourth-order valence-corrected chi connectivity index (χ4v) is 1.57. The summed E-state index contributed by atoms with van der Waals surface area (Å²) < 4.78 is 30.2. The zero-order valence-electron chi connectivity index (χ0n) is 6.43. The first-order valence-corrected chi connectivity index (χ1v) is 4.92. The standard InChI is InChI=1S/C7H6N2O3S.K.H/c10-13(11,12)5-1-2-6-7(3-5)9-4-8-6;;/h1-4H,(H,8,9)(H,10,11,12);;. The molecule has 0 spiro atoms. The number of hydrogen-bond acceptors (Lipinski definition) is 3. The van der Waals surface area contributed by atoms with Crippen molar-refractivity contribution in [3.63, 3.8) is 0 Å². The number of fused-ring (bicyclic) bond motifs is 1. The summed E-state index contributed by atoms with van der Waals surface area (Å²) in [7, 11) is -4.13. The van der Waals surface area contributed by atoms with E-state index in [0.29, 0.717) is 5.52 Å². The van der Waals surface area contributed by atoms with Crippen molar-refractivity contribution in [3.05, 3.63) is 24.5 Å². The summed E-state index contributed by atoms with van der Waals surface area (Å²) in [5, 5.41) is 0. The van der Waals surface area contributed by atoms with Crippen LogP contribution in [0.15, 0.2) is 29.4 Å². The first kappa shape index (κ1) is 12.3. The second-order valence-corrected chi connectivity index (χ2v) is 3.98. The number of imidazole rings is 1. The zero-order valence-corrected chi connectivity index (χ0v) is 7.25. The first-order chi connectivity index (χ1) is 6.07. The molecule has 0 unspecified atom stereocenters. The van der Waals surface area contributed by atoms with Crippen molar-refractivity contribution in [2.75, 3.05) is 0 Å². The van der Waals surface area contributed by atoms with Crippen molar-refractivity contribution in [1.82, 2.24) is 9.97 Å². The van der Waals surface area contributed by atoms with Crippen LogP contribution < -0.4 is 0 Å². The van der Waals surface area contributed by atoms with Gasteiger partial charge in [-0.1, -0.05) is 0 Å². The van der Waals surface area contributed by atoms with Crippen LogP contribution in [0.1, 0.15) is 0 Å². The van der Waals surface area contributed by atoms with Gasteiger partial charge in [-0.05, 0) is 18.2 Å². The van der Waals surface area contributed by atoms with E-state index in [0.717, 1.165) is 5.52 Å². The average Bonchev–Trinajstić information content (AvgIpc) is 2.47. The summed E-state index contributed by atoms with van der Waals surface area (Å²) in [4.78, 5) is 6.53. The summed E-state index contributed by atoms with van der Waals surface area (Å²) in [6, 6.07) is 4.17. The molecular weight excluding hydrogens is 231 g/mol. The van der Waals surface area contributed by atoms with Crippen molar-refractivity contribution in [2.24, 2.45) is 0 Å². The Hall–Kier alpha value is 0.236. The number of aromatic amines is 1. The van der Waals surface area contributed by atoms with Crippen molar-refractivity contribution < 1.29 is 13.0 Å². The van der Waals surface area contributed by atoms with E-state index in [9.17, 15) is 8.42 Å². The van der Waals surface area contributed by atoms with Crippen LogP contribution in [0.4, 0.5) is 0 Å². The Kier molecular flexibility index (Phi) is 3.86. The number of benzene rings is 1. The van der Waals surface area contributed by atoms with Gasteiger partial charge in [0, 0.05) is 0 Å². The van der Waals surface area contributed by atoms with E-state index in [1.54, 1.807) is 6.07 Å². The molecule has 2 N–H and O–H groups in total. The van der Waals surface area contributed by atoms with Crippen LogP contribution >= 0.6 is 0 Å². The predicted molar refractivity (Wildman–Crippen MR) is 53.1 cm³/mol. The van der Waals surface area contributed by atoms with Gasteiger partial charge in [-0.3, -0.25) is 4.55 Å². The predicted octanol–water partition coefficient (Wildman–Crippen LogP) is 0.161. The number of nitrogens with zero attached hydrogens (tertiary/aromatic N) is 1. The Bertz CT molecular complexity index is 549. The van der Waals surface area contributed by atoms with Crippen molar-refractivity contribution in [1.29, 1.82) is 0 Å². The second kappa shape index (κ2) is 4.39. The first-order valence-electron chi connectivity index (χ1n) is 3.48. The topological polar surface area (TPSA) is 83.0 Å². The van der Waals surface area contributed by atoms with E-state index < -0.39 is 10.1 Å². The quantitative estimate of drug-likeness (QED) is 0.547. The number of H-pyrrole nitrogens is 1. The van der Waals surface area contributed by atoms with E-state index in [2.05, 4.69) is 9.97 Å². The molecule has 1 aromatic heterocycles. The molecule has 0 saturated carbocycles. The molecule has 0 radical (unpaired) electrons. The van der Waals surface area contributed by atoms with Gasteiger partial charge >= 0.3 is 51.4 Å². The van der Waals surface area contributed by atoms with Gasteiger partial charge in [0.05, 0.1) is 22.3 Å². The SMILES string of the molecule is O=S(=O)(O)c1ccc2[nH]cnc2c1.[KH]. The van der Waals surface area contributed by atoms with Gasteiger partial charge in [-0.2, -0.15) is 8.42 Å². The van der Waals surface area contributed by atoms with Crippen LogP contribution in [-0.2, 0) is 10.1 Å². The van der Waals surface area contributed by atoms with E-state index >= 15 is 0 Å². The Morgan fingerprint density at radius 1 is 1.36 bits per heavy atom. The number of rotatable bonds is 1.